The minimum atomic E-state index is -0.931. The molecule has 1 aromatic rings. The molecule has 2 aliphatic rings. The zero-order valence-corrected chi connectivity index (χ0v) is 14.7. The van der Waals surface area contributed by atoms with Crippen molar-refractivity contribution in [2.45, 2.75) is 39.2 Å². The fourth-order valence-electron chi connectivity index (χ4n) is 3.56. The van der Waals surface area contributed by atoms with Crippen LogP contribution in [0.15, 0.2) is 35.4 Å². The maximum absolute atomic E-state index is 12.9. The molecule has 0 aromatic heterocycles. The fourth-order valence-corrected chi connectivity index (χ4v) is 3.56. The van der Waals surface area contributed by atoms with Gasteiger partial charge in [-0.3, -0.25) is 9.59 Å². The predicted molar refractivity (Wildman–Crippen MR) is 92.8 cm³/mol. The average molecular weight is 342 g/mol. The van der Waals surface area contributed by atoms with E-state index in [-0.39, 0.29) is 11.8 Å². The number of nitrogens with one attached hydrogen (secondary N) is 1. The zero-order chi connectivity index (χ0) is 18.2. The molecule has 0 aliphatic carbocycles. The quantitative estimate of drug-likeness (QED) is 0.836. The Balaban J connectivity index is 1.87. The first-order chi connectivity index (χ1) is 11.8. The number of aryl methyl sites for hydroxylation is 1. The number of anilines is 1. The highest BCUT2D eigenvalue weighted by Gasteiger charge is 2.51. The number of carbonyl (C=O) groups is 3. The molecule has 2 amide bonds. The van der Waals surface area contributed by atoms with Crippen molar-refractivity contribution in [3.8, 4) is 0 Å². The number of likely N-dealkylation sites (tertiary alicyclic amines) is 1. The maximum atomic E-state index is 12.9. The van der Waals surface area contributed by atoms with Gasteiger partial charge in [-0.1, -0.05) is 18.2 Å². The van der Waals surface area contributed by atoms with Crippen LogP contribution in [0, 0.1) is 6.92 Å². The number of amides is 2. The van der Waals surface area contributed by atoms with Crippen LogP contribution in [0.3, 0.4) is 0 Å². The summed E-state index contributed by atoms with van der Waals surface area (Å²) in [5, 5.41) is 2.90. The SMILES string of the molecule is CC(=O)N1CCC2(CC1)OC(=O)C(C)=C2C(=O)Nc1ccccc1C. The standard InChI is InChI=1S/C19H22N2O4/c1-12-6-4-5-7-15(12)20-17(23)16-13(2)18(24)25-19(16)8-10-21(11-9-19)14(3)22/h4-7H,8-11H2,1-3H3,(H,20,23). The van der Waals surface area contributed by atoms with E-state index in [1.807, 2.05) is 31.2 Å². The molecule has 1 N–H and O–H groups in total. The van der Waals surface area contributed by atoms with Crippen molar-refractivity contribution in [1.82, 2.24) is 4.90 Å². The zero-order valence-electron chi connectivity index (χ0n) is 14.7. The van der Waals surface area contributed by atoms with Crippen LogP contribution in [-0.4, -0.2) is 41.4 Å². The van der Waals surface area contributed by atoms with Gasteiger partial charge >= 0.3 is 5.97 Å². The Hall–Kier alpha value is -2.63. The predicted octanol–water partition coefficient (Wildman–Crippen LogP) is 2.19. The van der Waals surface area contributed by atoms with Gasteiger partial charge in [-0.25, -0.2) is 4.79 Å². The number of hydrogen-bond donors (Lipinski definition) is 1. The van der Waals surface area contributed by atoms with Crippen molar-refractivity contribution >= 4 is 23.5 Å². The molecular weight excluding hydrogens is 320 g/mol. The molecule has 1 aromatic carbocycles. The number of ether oxygens (including phenoxy) is 1. The molecule has 0 saturated carbocycles. The van der Waals surface area contributed by atoms with Gasteiger partial charge < -0.3 is 15.0 Å². The fraction of sp³-hybridized carbons (Fsp3) is 0.421. The average Bonchev–Trinajstić information content (AvgIpc) is 2.80. The number of carbonyl (C=O) groups excluding carboxylic acids is 3. The van der Waals surface area contributed by atoms with E-state index in [1.54, 1.807) is 11.8 Å². The van der Waals surface area contributed by atoms with E-state index in [9.17, 15) is 14.4 Å². The summed E-state index contributed by atoms with van der Waals surface area (Å²) in [5.74, 6) is -0.772. The van der Waals surface area contributed by atoms with Gasteiger partial charge in [0.1, 0.15) is 5.60 Å². The number of piperidine rings is 1. The number of hydrogen-bond acceptors (Lipinski definition) is 4. The highest BCUT2D eigenvalue weighted by Crippen LogP contribution is 2.41. The topological polar surface area (TPSA) is 75.7 Å². The molecule has 6 nitrogen and oxygen atoms in total. The van der Waals surface area contributed by atoms with Crippen molar-refractivity contribution in [2.75, 3.05) is 18.4 Å². The van der Waals surface area contributed by atoms with Crippen LogP contribution in [0.4, 0.5) is 5.69 Å². The molecule has 3 rings (SSSR count). The smallest absolute Gasteiger partial charge is 0.335 e. The van der Waals surface area contributed by atoms with E-state index >= 15 is 0 Å². The van der Waals surface area contributed by atoms with E-state index in [1.165, 1.54) is 6.92 Å². The van der Waals surface area contributed by atoms with Crippen LogP contribution < -0.4 is 5.32 Å². The van der Waals surface area contributed by atoms with Crippen LogP contribution in [-0.2, 0) is 19.1 Å². The normalized spacial score (nSPS) is 19.2. The summed E-state index contributed by atoms with van der Waals surface area (Å²) in [4.78, 5) is 38.4. The van der Waals surface area contributed by atoms with Crippen molar-refractivity contribution in [3.63, 3.8) is 0 Å². The van der Waals surface area contributed by atoms with Gasteiger partial charge in [-0.15, -0.1) is 0 Å². The largest absolute Gasteiger partial charge is 0.450 e. The maximum Gasteiger partial charge on any atom is 0.335 e. The minimum absolute atomic E-state index is 0.00853. The molecule has 1 spiro atoms. The molecule has 0 atom stereocenters. The molecular formula is C19H22N2O4. The van der Waals surface area contributed by atoms with Crippen LogP contribution in [0.25, 0.3) is 0 Å². The summed E-state index contributed by atoms with van der Waals surface area (Å²) in [5.41, 5.74) is 1.47. The van der Waals surface area contributed by atoms with E-state index < -0.39 is 11.6 Å². The first-order valence-corrected chi connectivity index (χ1v) is 8.41. The monoisotopic (exact) mass is 342 g/mol. The van der Waals surface area contributed by atoms with Gasteiger partial charge in [0.25, 0.3) is 5.91 Å². The number of nitrogens with zero attached hydrogens (tertiary/aromatic N) is 1. The third-order valence-corrected chi connectivity index (χ3v) is 5.06. The molecule has 2 aliphatic heterocycles. The second-order valence-electron chi connectivity index (χ2n) is 6.66. The Morgan fingerprint density at radius 2 is 1.80 bits per heavy atom. The van der Waals surface area contributed by atoms with Crippen molar-refractivity contribution in [2.24, 2.45) is 0 Å². The van der Waals surface area contributed by atoms with Gasteiger partial charge in [-0.05, 0) is 25.5 Å². The molecule has 25 heavy (non-hydrogen) atoms. The second-order valence-corrected chi connectivity index (χ2v) is 6.66. The summed E-state index contributed by atoms with van der Waals surface area (Å²) in [7, 11) is 0. The number of rotatable bonds is 2. The van der Waals surface area contributed by atoms with E-state index in [4.69, 9.17) is 4.74 Å². The van der Waals surface area contributed by atoms with Crippen LogP contribution in [0.1, 0.15) is 32.3 Å². The van der Waals surface area contributed by atoms with Crippen molar-refractivity contribution in [3.05, 3.63) is 41.0 Å². The van der Waals surface area contributed by atoms with Crippen molar-refractivity contribution in [1.29, 1.82) is 0 Å². The second kappa shape index (κ2) is 6.35. The lowest BCUT2D eigenvalue weighted by molar-refractivity contribution is -0.152. The van der Waals surface area contributed by atoms with E-state index in [0.717, 1.165) is 5.56 Å². The highest BCUT2D eigenvalue weighted by molar-refractivity contribution is 6.12. The van der Waals surface area contributed by atoms with E-state index in [0.29, 0.717) is 42.8 Å². The van der Waals surface area contributed by atoms with Gasteiger partial charge in [0.05, 0.1) is 5.57 Å². The molecule has 1 fully saturated rings. The summed E-state index contributed by atoms with van der Waals surface area (Å²) in [6.07, 6.45) is 0.873. The Bertz CT molecular complexity index is 773. The van der Waals surface area contributed by atoms with Gasteiger partial charge in [0.15, 0.2) is 0 Å². The minimum Gasteiger partial charge on any atom is -0.450 e. The molecule has 0 radical (unpaired) electrons. The van der Waals surface area contributed by atoms with Crippen molar-refractivity contribution < 1.29 is 19.1 Å². The summed E-state index contributed by atoms with van der Waals surface area (Å²) in [6, 6.07) is 7.48. The molecule has 0 unspecified atom stereocenters. The third kappa shape index (κ3) is 3.04. The summed E-state index contributed by atoms with van der Waals surface area (Å²) >= 11 is 0. The molecule has 132 valence electrons. The number of para-hydroxylation sites is 1. The molecule has 6 heteroatoms. The summed E-state index contributed by atoms with van der Waals surface area (Å²) in [6.45, 7) is 6.00. The summed E-state index contributed by atoms with van der Waals surface area (Å²) < 4.78 is 5.62. The van der Waals surface area contributed by atoms with Gasteiger partial charge in [0.2, 0.25) is 5.91 Å². The molecule has 2 heterocycles. The number of benzene rings is 1. The lowest BCUT2D eigenvalue weighted by atomic mass is 9.82. The van der Waals surface area contributed by atoms with Crippen LogP contribution in [0.2, 0.25) is 0 Å². The first kappa shape index (κ1) is 17.2. The lowest BCUT2D eigenvalue weighted by Crippen LogP contribution is -2.49. The van der Waals surface area contributed by atoms with Crippen LogP contribution >= 0.6 is 0 Å². The van der Waals surface area contributed by atoms with E-state index in [2.05, 4.69) is 5.32 Å². The number of esters is 1. The molecule has 1 saturated heterocycles. The molecule has 0 bridgehead atoms. The highest BCUT2D eigenvalue weighted by atomic mass is 16.6. The Morgan fingerprint density at radius 1 is 1.16 bits per heavy atom. The third-order valence-electron chi connectivity index (χ3n) is 5.06. The van der Waals surface area contributed by atoms with Gasteiger partial charge in [-0.2, -0.15) is 0 Å². The van der Waals surface area contributed by atoms with Crippen LogP contribution in [0.5, 0.6) is 0 Å². The first-order valence-electron chi connectivity index (χ1n) is 8.41. The lowest BCUT2D eigenvalue weighted by Gasteiger charge is -2.39. The van der Waals surface area contributed by atoms with Gasteiger partial charge in [0, 0.05) is 44.1 Å². The Morgan fingerprint density at radius 3 is 2.40 bits per heavy atom. The Labute approximate surface area is 146 Å². The Kier molecular flexibility index (Phi) is 4.37.